The molecule has 0 amide bonds. The summed E-state index contributed by atoms with van der Waals surface area (Å²) in [5.41, 5.74) is -4.39. The average Bonchev–Trinajstić information content (AvgIpc) is 0.756. The van der Waals surface area contributed by atoms with Gasteiger partial charge in [-0.15, -0.1) is 15.3 Å². The molecule has 1 unspecified atom stereocenters. The minimum Gasteiger partial charge on any atom is -0.505 e. The lowest BCUT2D eigenvalue weighted by Gasteiger charge is -2.17. The van der Waals surface area contributed by atoms with Gasteiger partial charge in [0.05, 0.1) is 61.4 Å². The zero-order valence-electron chi connectivity index (χ0n) is 50.4. The second kappa shape index (κ2) is 29.0. The summed E-state index contributed by atoms with van der Waals surface area (Å²) in [5.74, 6) is -6.27. The van der Waals surface area contributed by atoms with Crippen LogP contribution in [-0.2, 0) is 99.4 Å². The number of aromatic nitrogens is 6. The number of benzene rings is 7. The number of anilines is 6. The van der Waals surface area contributed by atoms with Gasteiger partial charge in [0.15, 0.2) is 31.2 Å². The van der Waals surface area contributed by atoms with Gasteiger partial charge in [-0.2, -0.15) is 93.9 Å². The number of nitrogens with one attached hydrogen (secondary N) is 4. The third-order valence-corrected chi connectivity index (χ3v) is 22.5. The minimum absolute atomic E-state index is 0.221. The van der Waals surface area contributed by atoms with Crippen molar-refractivity contribution in [3.8, 4) is 11.5 Å². The molecular formula is C49H42Cl2N14O29S9. The number of azo groups is 2. The van der Waals surface area contributed by atoms with Crippen LogP contribution in [0.5, 0.6) is 11.5 Å². The normalized spacial score (nSPS) is 13.5. The first-order valence-corrected chi connectivity index (χ1v) is 41.1. The molecule has 103 heavy (non-hydrogen) atoms. The van der Waals surface area contributed by atoms with Gasteiger partial charge in [0.25, 0.3) is 50.6 Å². The highest BCUT2D eigenvalue weighted by molar-refractivity contribution is 7.92. The second-order valence-electron chi connectivity index (χ2n) is 20.7. The van der Waals surface area contributed by atoms with E-state index in [9.17, 15) is 109 Å². The van der Waals surface area contributed by atoms with Gasteiger partial charge in [0, 0.05) is 28.7 Å². The molecule has 0 fully saturated rings. The fourth-order valence-corrected chi connectivity index (χ4v) is 15.8. The van der Waals surface area contributed by atoms with Crippen LogP contribution in [0, 0.1) is 0 Å². The molecular weight excluding hydrogens is 1610 g/mol. The fraction of sp³-hybridized carbons (Fsp3) is 0.143. The zero-order valence-corrected chi connectivity index (χ0v) is 59.2. The Morgan fingerprint density at radius 2 is 0.874 bits per heavy atom. The Hall–Kier alpha value is -8.89. The lowest BCUT2D eigenvalue weighted by molar-refractivity contribution is 0.282. The molecule has 0 aliphatic carbocycles. The first-order valence-electron chi connectivity index (χ1n) is 27.1. The van der Waals surface area contributed by atoms with E-state index in [0.717, 1.165) is 60.7 Å². The highest BCUT2D eigenvalue weighted by Crippen LogP contribution is 2.48. The van der Waals surface area contributed by atoms with Crippen LogP contribution in [0.4, 0.5) is 57.9 Å². The Labute approximate surface area is 589 Å². The summed E-state index contributed by atoms with van der Waals surface area (Å²) in [4.78, 5) is 17.7. The monoisotopic (exact) mass is 1650 g/mol. The standard InChI is InChI=1S/C49H42Cl2N14O29S9/c1-22(21-52-46-56-44(50)58-48(60-46)54-33-19-29(97(72,73)74)15-24-17-35(99(78,79)80)39(41(66)37(24)33)64-62-26-3-5-27(6-4-26)95(68,69)12-10-93-102(87,88)89)53-47-57-45(51)59-49(61-47)55-34-20-30(98(75,76)77)16-25-18-36(100(81,82)83)40(42(67)38(25)34)65-63-32-9-2-23-14-28(7-8-31(23)43(32)101(84,85)86)96(70,71)13-11-94-103(90,91)92/h2-9,14-20,22,66-67H,10-13,21H2,1H3,(H,72,73,74)(H,75,76,77)(H,78,79,80)(H,81,82,83)(H,84,85,86)(H,87,88,89)(H,90,91,92)(H2,52,54,56,58,60)(H2,53,55,57,59,61). The molecule has 9 rings (SSSR count). The fourth-order valence-electron chi connectivity index (χ4n) is 9.19. The van der Waals surface area contributed by atoms with Crippen molar-refractivity contribution in [2.45, 2.75) is 47.2 Å². The number of sulfone groups is 2. The summed E-state index contributed by atoms with van der Waals surface area (Å²) < 4.78 is 299. The molecule has 0 saturated carbocycles. The molecule has 0 spiro atoms. The van der Waals surface area contributed by atoms with Gasteiger partial charge in [-0.3, -0.25) is 31.9 Å². The highest BCUT2D eigenvalue weighted by Gasteiger charge is 2.30. The van der Waals surface area contributed by atoms with Gasteiger partial charge >= 0.3 is 20.8 Å². The van der Waals surface area contributed by atoms with Crippen molar-refractivity contribution in [3.63, 3.8) is 0 Å². The van der Waals surface area contributed by atoms with Crippen LogP contribution in [0.15, 0.2) is 146 Å². The van der Waals surface area contributed by atoms with E-state index in [0.29, 0.717) is 30.3 Å². The van der Waals surface area contributed by atoms with Gasteiger partial charge < -0.3 is 31.5 Å². The van der Waals surface area contributed by atoms with Crippen LogP contribution in [-0.4, -0.2) is 185 Å². The molecule has 54 heteroatoms. The van der Waals surface area contributed by atoms with E-state index >= 15 is 0 Å². The van der Waals surface area contributed by atoms with Gasteiger partial charge in [-0.1, -0.05) is 12.1 Å². The summed E-state index contributed by atoms with van der Waals surface area (Å²) in [6.45, 7) is -0.758. The topological polar surface area (TPSA) is 683 Å². The highest BCUT2D eigenvalue weighted by atomic mass is 35.5. The van der Waals surface area contributed by atoms with Crippen LogP contribution in [0.2, 0.25) is 10.6 Å². The summed E-state index contributed by atoms with van der Waals surface area (Å²) in [6, 6.07) is 11.4. The number of nitrogens with zero attached hydrogens (tertiary/aromatic N) is 10. The third kappa shape index (κ3) is 19.3. The average molecular weight is 1650 g/mol. The van der Waals surface area contributed by atoms with Crippen molar-refractivity contribution in [1.29, 1.82) is 0 Å². The number of phenols is 2. The van der Waals surface area contributed by atoms with E-state index in [-0.39, 0.29) is 23.6 Å². The molecule has 43 nitrogen and oxygen atoms in total. The Kier molecular flexibility index (Phi) is 22.0. The summed E-state index contributed by atoms with van der Waals surface area (Å²) in [6.07, 6.45) is 0. The van der Waals surface area contributed by atoms with Crippen LogP contribution >= 0.6 is 23.2 Å². The molecule has 7 aromatic carbocycles. The summed E-state index contributed by atoms with van der Waals surface area (Å²) in [5, 5.41) is 45.1. The first-order chi connectivity index (χ1) is 47.4. The Bertz CT molecular complexity index is 6200. The van der Waals surface area contributed by atoms with Crippen molar-refractivity contribution in [3.05, 3.63) is 102 Å². The van der Waals surface area contributed by atoms with Crippen LogP contribution in [0.3, 0.4) is 0 Å². The minimum atomic E-state index is -5.58. The lowest BCUT2D eigenvalue weighted by atomic mass is 10.1. The smallest absolute Gasteiger partial charge is 0.397 e. The van der Waals surface area contributed by atoms with Crippen molar-refractivity contribution < 1.29 is 126 Å². The Balaban J connectivity index is 0.994. The van der Waals surface area contributed by atoms with E-state index in [4.69, 9.17) is 32.3 Å². The maximum Gasteiger partial charge on any atom is 0.397 e. The van der Waals surface area contributed by atoms with Crippen molar-refractivity contribution in [2.75, 3.05) is 52.5 Å². The van der Waals surface area contributed by atoms with E-state index < -0.39 is 251 Å². The van der Waals surface area contributed by atoms with Crippen LogP contribution in [0.1, 0.15) is 6.92 Å². The van der Waals surface area contributed by atoms with Crippen LogP contribution in [0.25, 0.3) is 32.3 Å². The number of hydrogen-bond donors (Lipinski definition) is 13. The molecule has 0 radical (unpaired) electrons. The number of phenolic OH excluding ortho intramolecular Hbond substituents is 2. The van der Waals surface area contributed by atoms with Gasteiger partial charge in [0.1, 0.15) is 31.7 Å². The number of halogens is 2. The predicted octanol–water partition coefficient (Wildman–Crippen LogP) is 5.88. The van der Waals surface area contributed by atoms with Gasteiger partial charge in [-0.25, -0.2) is 25.2 Å². The summed E-state index contributed by atoms with van der Waals surface area (Å²) in [7, 11) is -45.5. The molecule has 0 aliphatic rings. The molecule has 13 N–H and O–H groups in total. The number of hydrogen-bond acceptors (Lipinski definition) is 36. The van der Waals surface area contributed by atoms with Gasteiger partial charge in [-0.05, 0) is 125 Å². The summed E-state index contributed by atoms with van der Waals surface area (Å²) >= 11 is 12.5. The molecule has 0 aliphatic heterocycles. The van der Waals surface area contributed by atoms with E-state index in [1.807, 2.05) is 0 Å². The number of rotatable bonds is 28. The molecule has 550 valence electrons. The van der Waals surface area contributed by atoms with E-state index in [1.54, 1.807) is 0 Å². The zero-order chi connectivity index (χ0) is 76.1. The molecule has 1 atom stereocenters. The molecule has 0 saturated heterocycles. The predicted molar refractivity (Wildman–Crippen MR) is 356 cm³/mol. The lowest BCUT2D eigenvalue weighted by Crippen LogP contribution is -2.27. The Morgan fingerprint density at radius 3 is 1.33 bits per heavy atom. The number of aromatic hydroxyl groups is 2. The molecule has 2 heterocycles. The SMILES string of the molecule is CC(CNc1nc(Cl)nc(Nc2cc(S(=O)(=O)O)cc3cc(S(=O)(=O)O)c(N=Nc4ccc(S(=O)(=O)CCOS(=O)(=O)O)cc4)c(O)c23)n1)Nc1nc(Cl)nc(Nc2cc(S(=O)(=O)O)cc3cc(S(=O)(=O)O)c(N=Nc4ccc5cc(S(=O)(=O)CCOS(=O)(=O)O)ccc5c4S(=O)(=O)O)c(O)c23)n1. The van der Waals surface area contributed by atoms with Gasteiger partial charge in [0.2, 0.25) is 34.4 Å². The van der Waals surface area contributed by atoms with Crippen molar-refractivity contribution >= 4 is 205 Å². The maximum absolute atomic E-state index is 13.0. The second-order valence-corrected chi connectivity index (χ2v) is 34.7. The number of fused-ring (bicyclic) bond motifs is 3. The molecule has 2 aromatic heterocycles. The van der Waals surface area contributed by atoms with Crippen molar-refractivity contribution in [2.24, 2.45) is 20.5 Å². The quantitative estimate of drug-likeness (QED) is 0.0201. The maximum atomic E-state index is 13.0. The van der Waals surface area contributed by atoms with Crippen molar-refractivity contribution in [1.82, 2.24) is 29.9 Å². The molecule has 0 bridgehead atoms. The van der Waals surface area contributed by atoms with E-state index in [2.05, 4.69) is 80.0 Å². The Morgan fingerprint density at radius 1 is 0.447 bits per heavy atom. The third-order valence-electron chi connectivity index (χ3n) is 13.5. The van der Waals surface area contributed by atoms with E-state index in [1.165, 1.54) is 6.92 Å². The van der Waals surface area contributed by atoms with Crippen LogP contribution < -0.4 is 21.3 Å². The largest absolute Gasteiger partial charge is 0.505 e. The molecule has 9 aromatic rings. The first kappa shape index (κ1) is 78.3.